The van der Waals surface area contributed by atoms with E-state index < -0.39 is 0 Å². The second-order valence-corrected chi connectivity index (χ2v) is 6.77. The van der Waals surface area contributed by atoms with Crippen molar-refractivity contribution < 1.29 is 9.59 Å². The number of nitrogens with zero attached hydrogens (tertiary/aromatic N) is 2. The van der Waals surface area contributed by atoms with Crippen molar-refractivity contribution in [3.63, 3.8) is 0 Å². The monoisotopic (exact) mass is 381 g/mol. The molecule has 150 valence electrons. The van der Waals surface area contributed by atoms with Gasteiger partial charge in [0.1, 0.15) is 0 Å². The number of carbonyl (C=O) groups excluding carboxylic acids is 2. The highest BCUT2D eigenvalue weighted by Crippen LogP contribution is 2.15. The Morgan fingerprint density at radius 1 is 0.857 bits per heavy atom. The summed E-state index contributed by atoms with van der Waals surface area (Å²) in [6, 6.07) is 17.0. The van der Waals surface area contributed by atoms with Crippen LogP contribution in [0.15, 0.2) is 54.6 Å². The molecule has 5 nitrogen and oxygen atoms in total. The van der Waals surface area contributed by atoms with Gasteiger partial charge in [0.2, 0.25) is 5.91 Å². The molecule has 2 aromatic rings. The predicted molar refractivity (Wildman–Crippen MR) is 116 cm³/mol. The summed E-state index contributed by atoms with van der Waals surface area (Å²) in [6.07, 6.45) is 1.88. The van der Waals surface area contributed by atoms with Crippen molar-refractivity contribution in [3.05, 3.63) is 60.2 Å². The molecule has 2 rings (SSSR count). The van der Waals surface area contributed by atoms with E-state index in [1.807, 2.05) is 47.1 Å². The predicted octanol–water partition coefficient (Wildman–Crippen LogP) is 4.41. The van der Waals surface area contributed by atoms with Crippen LogP contribution >= 0.6 is 0 Å². The zero-order chi connectivity index (χ0) is 20.4. The SMILES string of the molecule is CCCN(CCC)C(=O)c1ccc(NC(=O)CN(CC)c2ccccc2)cc1. The maximum Gasteiger partial charge on any atom is 0.253 e. The fourth-order valence-corrected chi connectivity index (χ4v) is 3.13. The fraction of sp³-hybridized carbons (Fsp3) is 0.391. The molecule has 0 spiro atoms. The highest BCUT2D eigenvalue weighted by Gasteiger charge is 2.15. The first-order chi connectivity index (χ1) is 13.6. The van der Waals surface area contributed by atoms with Crippen LogP contribution in [0.2, 0.25) is 0 Å². The summed E-state index contributed by atoms with van der Waals surface area (Å²) < 4.78 is 0. The second-order valence-electron chi connectivity index (χ2n) is 6.77. The van der Waals surface area contributed by atoms with Crippen LogP contribution in [0, 0.1) is 0 Å². The number of benzene rings is 2. The number of amides is 2. The lowest BCUT2D eigenvalue weighted by Gasteiger charge is -2.22. The summed E-state index contributed by atoms with van der Waals surface area (Å²) in [7, 11) is 0. The third-order valence-corrected chi connectivity index (χ3v) is 4.53. The molecule has 2 aromatic carbocycles. The highest BCUT2D eigenvalue weighted by atomic mass is 16.2. The van der Waals surface area contributed by atoms with Gasteiger partial charge in [0.25, 0.3) is 5.91 Å². The van der Waals surface area contributed by atoms with Crippen molar-refractivity contribution in [2.24, 2.45) is 0 Å². The molecule has 0 heterocycles. The van der Waals surface area contributed by atoms with E-state index in [0.29, 0.717) is 11.3 Å². The van der Waals surface area contributed by atoms with Crippen molar-refractivity contribution in [3.8, 4) is 0 Å². The van der Waals surface area contributed by atoms with Crippen LogP contribution in [0.1, 0.15) is 44.0 Å². The van der Waals surface area contributed by atoms with Crippen LogP contribution in [0.3, 0.4) is 0 Å². The van der Waals surface area contributed by atoms with E-state index in [9.17, 15) is 9.59 Å². The summed E-state index contributed by atoms with van der Waals surface area (Å²) in [5, 5.41) is 2.92. The number of rotatable bonds is 10. The topological polar surface area (TPSA) is 52.7 Å². The van der Waals surface area contributed by atoms with E-state index in [-0.39, 0.29) is 18.4 Å². The zero-order valence-electron chi connectivity index (χ0n) is 17.1. The van der Waals surface area contributed by atoms with Crippen molar-refractivity contribution >= 4 is 23.2 Å². The molecule has 28 heavy (non-hydrogen) atoms. The van der Waals surface area contributed by atoms with Crippen LogP contribution in [0.4, 0.5) is 11.4 Å². The average molecular weight is 382 g/mol. The third kappa shape index (κ3) is 6.12. The normalized spacial score (nSPS) is 10.4. The van der Waals surface area contributed by atoms with Crippen LogP contribution < -0.4 is 10.2 Å². The molecule has 0 fully saturated rings. The molecule has 0 unspecified atom stereocenters. The molecule has 0 saturated heterocycles. The van der Waals surface area contributed by atoms with Gasteiger partial charge in [0, 0.05) is 36.6 Å². The molecule has 1 N–H and O–H groups in total. The minimum absolute atomic E-state index is 0.0443. The lowest BCUT2D eigenvalue weighted by Crippen LogP contribution is -2.33. The Morgan fingerprint density at radius 3 is 2.00 bits per heavy atom. The maximum atomic E-state index is 12.6. The Kier molecular flexibility index (Phi) is 8.53. The summed E-state index contributed by atoms with van der Waals surface area (Å²) >= 11 is 0. The first-order valence-corrected chi connectivity index (χ1v) is 10.1. The first-order valence-electron chi connectivity index (χ1n) is 10.1. The van der Waals surface area contributed by atoms with E-state index in [1.54, 1.807) is 24.3 Å². The molecular formula is C23H31N3O2. The Labute approximate surface area is 168 Å². The maximum absolute atomic E-state index is 12.6. The summed E-state index contributed by atoms with van der Waals surface area (Å²) in [5.74, 6) is -0.0359. The summed E-state index contributed by atoms with van der Waals surface area (Å²) in [6.45, 7) is 8.72. The largest absolute Gasteiger partial charge is 0.362 e. The molecule has 0 aliphatic carbocycles. The molecule has 0 aliphatic heterocycles. The van der Waals surface area contributed by atoms with Crippen LogP contribution in [0.5, 0.6) is 0 Å². The Morgan fingerprint density at radius 2 is 1.46 bits per heavy atom. The zero-order valence-corrected chi connectivity index (χ0v) is 17.1. The van der Waals surface area contributed by atoms with Crippen LogP contribution in [-0.2, 0) is 4.79 Å². The highest BCUT2D eigenvalue weighted by molar-refractivity contribution is 5.96. The number of hydrogen-bond donors (Lipinski definition) is 1. The van der Waals surface area contributed by atoms with Gasteiger partial charge in [-0.05, 0) is 56.2 Å². The molecule has 0 atom stereocenters. The van der Waals surface area contributed by atoms with Gasteiger partial charge in [-0.2, -0.15) is 0 Å². The van der Waals surface area contributed by atoms with Gasteiger partial charge in [-0.15, -0.1) is 0 Å². The Balaban J connectivity index is 1.97. The third-order valence-electron chi connectivity index (χ3n) is 4.53. The van der Waals surface area contributed by atoms with E-state index in [1.165, 1.54) is 0 Å². The number of hydrogen-bond acceptors (Lipinski definition) is 3. The number of carbonyl (C=O) groups is 2. The Hall–Kier alpha value is -2.82. The van der Waals surface area contributed by atoms with E-state index >= 15 is 0 Å². The summed E-state index contributed by atoms with van der Waals surface area (Å²) in [5.41, 5.74) is 2.37. The molecule has 0 aromatic heterocycles. The lowest BCUT2D eigenvalue weighted by atomic mass is 10.1. The quantitative estimate of drug-likeness (QED) is 0.663. The average Bonchev–Trinajstić information content (AvgIpc) is 2.72. The number of para-hydroxylation sites is 1. The van der Waals surface area contributed by atoms with Gasteiger partial charge in [-0.1, -0.05) is 32.0 Å². The minimum Gasteiger partial charge on any atom is -0.362 e. The first kappa shape index (κ1) is 21.5. The van der Waals surface area contributed by atoms with E-state index in [2.05, 4.69) is 19.2 Å². The molecule has 0 aliphatic rings. The van der Waals surface area contributed by atoms with E-state index in [4.69, 9.17) is 0 Å². The van der Waals surface area contributed by atoms with Gasteiger partial charge in [-0.3, -0.25) is 9.59 Å². The second kappa shape index (κ2) is 11.1. The van der Waals surface area contributed by atoms with Crippen molar-refractivity contribution in [1.82, 2.24) is 4.90 Å². The molecule has 0 saturated carbocycles. The molecule has 0 bridgehead atoms. The van der Waals surface area contributed by atoms with Crippen LogP contribution in [-0.4, -0.2) is 42.9 Å². The van der Waals surface area contributed by atoms with Crippen molar-refractivity contribution in [2.45, 2.75) is 33.6 Å². The van der Waals surface area contributed by atoms with Gasteiger partial charge < -0.3 is 15.1 Å². The minimum atomic E-state index is -0.0802. The summed E-state index contributed by atoms with van der Waals surface area (Å²) in [4.78, 5) is 29.0. The number of nitrogens with one attached hydrogen (secondary N) is 1. The molecule has 0 radical (unpaired) electrons. The molecular weight excluding hydrogens is 350 g/mol. The van der Waals surface area contributed by atoms with Crippen molar-refractivity contribution in [1.29, 1.82) is 0 Å². The van der Waals surface area contributed by atoms with Gasteiger partial charge in [-0.25, -0.2) is 0 Å². The van der Waals surface area contributed by atoms with Gasteiger partial charge in [0.05, 0.1) is 6.54 Å². The lowest BCUT2D eigenvalue weighted by molar-refractivity contribution is -0.115. The Bertz CT molecular complexity index is 738. The number of anilines is 2. The molecule has 2 amide bonds. The van der Waals surface area contributed by atoms with E-state index in [0.717, 1.165) is 38.2 Å². The fourth-order valence-electron chi connectivity index (χ4n) is 3.13. The smallest absolute Gasteiger partial charge is 0.253 e. The molecule has 5 heteroatoms. The van der Waals surface area contributed by atoms with Gasteiger partial charge in [0.15, 0.2) is 0 Å². The van der Waals surface area contributed by atoms with Crippen molar-refractivity contribution in [2.75, 3.05) is 36.4 Å². The standard InChI is InChI=1S/C23H31N3O2/c1-4-16-26(17-5-2)23(28)19-12-14-20(15-13-19)24-22(27)18-25(6-3)21-10-8-7-9-11-21/h7-15H,4-6,16-18H2,1-3H3,(H,24,27). The van der Waals surface area contributed by atoms with Crippen LogP contribution in [0.25, 0.3) is 0 Å². The number of likely N-dealkylation sites (N-methyl/N-ethyl adjacent to an activating group) is 1. The van der Waals surface area contributed by atoms with Gasteiger partial charge >= 0.3 is 0 Å².